The Bertz CT molecular complexity index is 641. The topological polar surface area (TPSA) is 46.5 Å². The maximum absolute atomic E-state index is 11.5. The Balaban J connectivity index is 2.17. The smallest absolute Gasteiger partial charge is 0.345 e. The van der Waals surface area contributed by atoms with Crippen molar-refractivity contribution in [3.63, 3.8) is 0 Å². The molecule has 2 aromatic carbocycles. The molecule has 22 heavy (non-hydrogen) atoms. The van der Waals surface area contributed by atoms with Crippen LogP contribution in [-0.4, -0.2) is 17.2 Å². The normalized spacial score (nSPS) is 12.0. The molecule has 0 aliphatic carbocycles. The third-order valence-corrected chi connectivity index (χ3v) is 4.10. The quantitative estimate of drug-likeness (QED) is 0.892. The van der Waals surface area contributed by atoms with Crippen molar-refractivity contribution in [1.29, 1.82) is 0 Å². The van der Waals surface area contributed by atoms with Gasteiger partial charge in [-0.25, -0.2) is 4.79 Å². The van der Waals surface area contributed by atoms with Gasteiger partial charge in [0.25, 0.3) is 0 Å². The minimum atomic E-state index is -0.991. The lowest BCUT2D eigenvalue weighted by molar-refractivity contribution is -0.145. The molecule has 0 saturated carbocycles. The maximum atomic E-state index is 11.5. The van der Waals surface area contributed by atoms with Gasteiger partial charge >= 0.3 is 5.97 Å². The number of carbonyl (C=O) groups is 1. The second-order valence-corrected chi connectivity index (χ2v) is 5.89. The van der Waals surface area contributed by atoms with Crippen LogP contribution in [0.2, 0.25) is 5.02 Å². The van der Waals surface area contributed by atoms with E-state index < -0.39 is 12.1 Å². The van der Waals surface area contributed by atoms with Crippen LogP contribution >= 0.6 is 11.6 Å². The average Bonchev–Trinajstić information content (AvgIpc) is 2.46. The molecule has 0 aliphatic heterocycles. The predicted octanol–water partition coefficient (Wildman–Crippen LogP) is 4.34. The molecule has 0 aliphatic rings. The highest BCUT2D eigenvalue weighted by atomic mass is 35.5. The van der Waals surface area contributed by atoms with Crippen LogP contribution in [0, 0.1) is 20.8 Å². The summed E-state index contributed by atoms with van der Waals surface area (Å²) in [5.41, 5.74) is 4.02. The zero-order valence-electron chi connectivity index (χ0n) is 12.9. The zero-order valence-corrected chi connectivity index (χ0v) is 13.6. The number of halogens is 1. The fourth-order valence-corrected chi connectivity index (χ4v) is 2.31. The Morgan fingerprint density at radius 1 is 1.09 bits per heavy atom. The highest BCUT2D eigenvalue weighted by molar-refractivity contribution is 6.31. The van der Waals surface area contributed by atoms with Gasteiger partial charge in [-0.1, -0.05) is 29.8 Å². The fourth-order valence-electron chi connectivity index (χ4n) is 2.11. The predicted molar refractivity (Wildman–Crippen MR) is 87.9 cm³/mol. The summed E-state index contributed by atoms with van der Waals surface area (Å²) in [5.74, 6) is -0.427. The Kier molecular flexibility index (Phi) is 5.09. The first-order valence-corrected chi connectivity index (χ1v) is 7.46. The number of ether oxygens (including phenoxy) is 1. The number of benzene rings is 2. The van der Waals surface area contributed by atoms with Gasteiger partial charge < -0.3 is 9.84 Å². The van der Waals surface area contributed by atoms with E-state index >= 15 is 0 Å². The Hall–Kier alpha value is -2.00. The van der Waals surface area contributed by atoms with E-state index in [0.29, 0.717) is 10.8 Å². The molecule has 3 nitrogen and oxygen atoms in total. The molecule has 0 radical (unpaired) electrons. The van der Waals surface area contributed by atoms with Gasteiger partial charge in [0.1, 0.15) is 5.75 Å². The van der Waals surface area contributed by atoms with Crippen molar-refractivity contribution in [1.82, 2.24) is 0 Å². The molecule has 0 aromatic heterocycles. The van der Waals surface area contributed by atoms with Gasteiger partial charge in [0, 0.05) is 11.4 Å². The first kappa shape index (κ1) is 16.4. The summed E-state index contributed by atoms with van der Waals surface area (Å²) in [5, 5.41) is 10.0. The molecule has 0 bridgehead atoms. The monoisotopic (exact) mass is 318 g/mol. The lowest BCUT2D eigenvalue weighted by Gasteiger charge is -2.16. The molecular formula is C18H19ClO3. The number of carboxylic acid groups (broad SMARTS) is 1. The fraction of sp³-hybridized carbons (Fsp3) is 0.278. The van der Waals surface area contributed by atoms with Gasteiger partial charge in [0.2, 0.25) is 0 Å². The molecule has 0 unspecified atom stereocenters. The Morgan fingerprint density at radius 3 is 2.36 bits per heavy atom. The second kappa shape index (κ2) is 6.84. The summed E-state index contributed by atoms with van der Waals surface area (Å²) < 4.78 is 5.64. The first-order chi connectivity index (χ1) is 10.4. The molecule has 0 heterocycles. The van der Waals surface area contributed by atoms with E-state index in [-0.39, 0.29) is 6.42 Å². The van der Waals surface area contributed by atoms with E-state index in [0.717, 1.165) is 22.3 Å². The Morgan fingerprint density at radius 2 is 1.77 bits per heavy atom. The average molecular weight is 319 g/mol. The van der Waals surface area contributed by atoms with Crippen molar-refractivity contribution in [3.8, 4) is 5.75 Å². The van der Waals surface area contributed by atoms with Gasteiger partial charge in [-0.2, -0.15) is 0 Å². The van der Waals surface area contributed by atoms with E-state index in [9.17, 15) is 9.90 Å². The minimum absolute atomic E-state index is 0.266. The van der Waals surface area contributed by atoms with Crippen molar-refractivity contribution < 1.29 is 14.6 Å². The summed E-state index contributed by atoms with van der Waals surface area (Å²) in [6.07, 6.45) is -0.678. The van der Waals surface area contributed by atoms with Crippen LogP contribution in [0.15, 0.2) is 36.4 Å². The van der Waals surface area contributed by atoms with Gasteiger partial charge in [-0.3, -0.25) is 0 Å². The van der Waals surface area contributed by atoms with Crippen LogP contribution in [0.4, 0.5) is 0 Å². The van der Waals surface area contributed by atoms with Crippen LogP contribution in [0.3, 0.4) is 0 Å². The van der Waals surface area contributed by atoms with Crippen LogP contribution in [0.25, 0.3) is 0 Å². The summed E-state index contributed by atoms with van der Waals surface area (Å²) in [6.45, 7) is 5.88. The third-order valence-electron chi connectivity index (χ3n) is 3.69. The molecular weight excluding hydrogens is 300 g/mol. The first-order valence-electron chi connectivity index (χ1n) is 7.08. The molecule has 0 spiro atoms. The van der Waals surface area contributed by atoms with E-state index in [1.54, 1.807) is 12.1 Å². The lowest BCUT2D eigenvalue weighted by atomic mass is 10.1. The van der Waals surface area contributed by atoms with Crippen molar-refractivity contribution in [2.45, 2.75) is 33.3 Å². The van der Waals surface area contributed by atoms with Crippen LogP contribution in [-0.2, 0) is 11.2 Å². The van der Waals surface area contributed by atoms with Gasteiger partial charge in [0.05, 0.1) is 0 Å². The van der Waals surface area contributed by atoms with Crippen LogP contribution < -0.4 is 4.74 Å². The third kappa shape index (κ3) is 4.01. The van der Waals surface area contributed by atoms with Gasteiger partial charge in [-0.15, -0.1) is 0 Å². The second-order valence-electron chi connectivity index (χ2n) is 5.48. The summed E-state index contributed by atoms with van der Waals surface area (Å²) in [7, 11) is 0. The van der Waals surface area contributed by atoms with Crippen LogP contribution in [0.5, 0.6) is 5.75 Å². The molecule has 0 saturated heterocycles. The summed E-state index contributed by atoms with van der Waals surface area (Å²) in [4.78, 5) is 11.5. The zero-order chi connectivity index (χ0) is 16.3. The van der Waals surface area contributed by atoms with E-state index in [2.05, 4.69) is 0 Å². The standard InChI is InChI=1S/C18H19ClO3/c1-11-5-7-15(8-13(11)3)22-17(18(20)21)10-14-6-4-12(2)16(19)9-14/h4-9,17H,10H2,1-3H3,(H,20,21)/t17-/m1/s1. The highest BCUT2D eigenvalue weighted by Crippen LogP contribution is 2.21. The maximum Gasteiger partial charge on any atom is 0.345 e. The molecule has 4 heteroatoms. The molecule has 1 atom stereocenters. The largest absolute Gasteiger partial charge is 0.478 e. The Labute approximate surface area is 135 Å². The summed E-state index contributed by atoms with van der Waals surface area (Å²) in [6, 6.07) is 11.1. The summed E-state index contributed by atoms with van der Waals surface area (Å²) >= 11 is 6.09. The molecule has 1 N–H and O–H groups in total. The number of aryl methyl sites for hydroxylation is 3. The minimum Gasteiger partial charge on any atom is -0.478 e. The van der Waals surface area contributed by atoms with E-state index in [1.165, 1.54) is 0 Å². The lowest BCUT2D eigenvalue weighted by Crippen LogP contribution is -2.29. The number of aliphatic carboxylic acids is 1. The van der Waals surface area contributed by atoms with Gasteiger partial charge in [0.15, 0.2) is 6.10 Å². The number of rotatable bonds is 5. The van der Waals surface area contributed by atoms with Crippen LogP contribution in [0.1, 0.15) is 22.3 Å². The molecule has 0 fully saturated rings. The molecule has 0 amide bonds. The van der Waals surface area contributed by atoms with Crippen molar-refractivity contribution >= 4 is 17.6 Å². The van der Waals surface area contributed by atoms with Gasteiger partial charge in [-0.05, 0) is 61.2 Å². The van der Waals surface area contributed by atoms with Crippen molar-refractivity contribution in [2.24, 2.45) is 0 Å². The van der Waals surface area contributed by atoms with E-state index in [1.807, 2.05) is 45.0 Å². The number of hydrogen-bond donors (Lipinski definition) is 1. The number of hydrogen-bond acceptors (Lipinski definition) is 2. The number of carboxylic acids is 1. The van der Waals surface area contributed by atoms with Crippen molar-refractivity contribution in [3.05, 3.63) is 63.7 Å². The highest BCUT2D eigenvalue weighted by Gasteiger charge is 2.20. The molecule has 116 valence electrons. The van der Waals surface area contributed by atoms with E-state index in [4.69, 9.17) is 16.3 Å². The molecule has 2 aromatic rings. The van der Waals surface area contributed by atoms with Crippen molar-refractivity contribution in [2.75, 3.05) is 0 Å². The SMILES string of the molecule is Cc1ccc(O[C@H](Cc2ccc(C)c(Cl)c2)C(=O)O)cc1C. The molecule has 2 rings (SSSR count).